The lowest BCUT2D eigenvalue weighted by molar-refractivity contribution is 0.156. The molecule has 0 amide bonds. The molecule has 142 valence electrons. The molecule has 0 aromatic heterocycles. The number of benzene rings is 2. The minimum absolute atomic E-state index is 0.341. The molecule has 2 fully saturated rings. The smallest absolute Gasteiger partial charge is 0.193 e. The largest absolute Gasteiger partial charge is 0.457 e. The Morgan fingerprint density at radius 1 is 1.11 bits per heavy atom. The second-order valence-corrected chi connectivity index (χ2v) is 7.43. The maximum absolute atomic E-state index is 5.85. The van der Waals surface area contributed by atoms with Gasteiger partial charge < -0.3 is 19.7 Å². The molecule has 4 rings (SSSR count). The molecule has 0 saturated carbocycles. The molecule has 0 bridgehead atoms. The summed E-state index contributed by atoms with van der Waals surface area (Å²) in [6.45, 7) is 4.63. The van der Waals surface area contributed by atoms with E-state index < -0.39 is 0 Å². The van der Waals surface area contributed by atoms with Gasteiger partial charge in [-0.15, -0.1) is 0 Å². The Morgan fingerprint density at radius 2 is 1.89 bits per heavy atom. The van der Waals surface area contributed by atoms with Crippen LogP contribution in [0.3, 0.4) is 0 Å². The van der Waals surface area contributed by atoms with Gasteiger partial charge in [0, 0.05) is 38.7 Å². The molecule has 0 radical (unpaired) electrons. The molecule has 5 heteroatoms. The number of nitrogens with one attached hydrogen (secondary N) is 1. The average Bonchev–Trinajstić information content (AvgIpc) is 3.34. The van der Waals surface area contributed by atoms with Gasteiger partial charge in [-0.05, 0) is 42.7 Å². The predicted molar refractivity (Wildman–Crippen MR) is 107 cm³/mol. The van der Waals surface area contributed by atoms with E-state index in [0.717, 1.165) is 50.3 Å². The third-order valence-electron chi connectivity index (χ3n) is 5.49. The SMILES string of the molecule is CN=C(NCc1ccc(Oc2ccccc2)cc1)N1CCC2(CCOC2)C1. The van der Waals surface area contributed by atoms with Gasteiger partial charge in [0.15, 0.2) is 5.96 Å². The molecule has 2 aromatic carbocycles. The summed E-state index contributed by atoms with van der Waals surface area (Å²) in [5, 5.41) is 3.50. The second-order valence-electron chi connectivity index (χ2n) is 7.43. The first-order valence-electron chi connectivity index (χ1n) is 9.62. The van der Waals surface area contributed by atoms with Gasteiger partial charge in [-0.2, -0.15) is 0 Å². The second kappa shape index (κ2) is 8.01. The molecule has 2 heterocycles. The normalized spacial score (nSPS) is 22.4. The molecular weight excluding hydrogens is 338 g/mol. The number of hydrogen-bond donors (Lipinski definition) is 1. The molecule has 1 unspecified atom stereocenters. The van der Waals surface area contributed by atoms with Crippen LogP contribution in [0.1, 0.15) is 18.4 Å². The Labute approximate surface area is 161 Å². The van der Waals surface area contributed by atoms with Crippen molar-refractivity contribution in [2.45, 2.75) is 19.4 Å². The fourth-order valence-corrected chi connectivity index (χ4v) is 3.90. The molecule has 5 nitrogen and oxygen atoms in total. The summed E-state index contributed by atoms with van der Waals surface area (Å²) in [4.78, 5) is 6.84. The van der Waals surface area contributed by atoms with Gasteiger partial charge in [0.2, 0.25) is 0 Å². The number of guanidine groups is 1. The first-order valence-corrected chi connectivity index (χ1v) is 9.62. The van der Waals surface area contributed by atoms with Gasteiger partial charge in [-0.1, -0.05) is 30.3 Å². The van der Waals surface area contributed by atoms with Gasteiger partial charge >= 0.3 is 0 Å². The lowest BCUT2D eigenvalue weighted by atomic mass is 9.87. The summed E-state index contributed by atoms with van der Waals surface area (Å²) >= 11 is 0. The van der Waals surface area contributed by atoms with Gasteiger partial charge in [0.05, 0.1) is 6.61 Å². The van der Waals surface area contributed by atoms with E-state index >= 15 is 0 Å². The zero-order chi connectivity index (χ0) is 18.5. The quantitative estimate of drug-likeness (QED) is 0.663. The Hall–Kier alpha value is -2.53. The van der Waals surface area contributed by atoms with Gasteiger partial charge in [-0.3, -0.25) is 4.99 Å². The number of rotatable bonds is 4. The molecule has 2 saturated heterocycles. The van der Waals surface area contributed by atoms with E-state index in [4.69, 9.17) is 9.47 Å². The summed E-state index contributed by atoms with van der Waals surface area (Å²) in [6.07, 6.45) is 2.36. The zero-order valence-electron chi connectivity index (χ0n) is 15.9. The van der Waals surface area contributed by atoms with Crippen LogP contribution in [0.4, 0.5) is 0 Å². The molecule has 1 spiro atoms. The number of aliphatic imine (C=N–C) groups is 1. The Morgan fingerprint density at radius 3 is 2.59 bits per heavy atom. The van der Waals surface area contributed by atoms with Crippen molar-refractivity contribution in [1.29, 1.82) is 0 Å². The highest BCUT2D eigenvalue weighted by Gasteiger charge is 2.42. The highest BCUT2D eigenvalue weighted by atomic mass is 16.5. The Kier molecular flexibility index (Phi) is 5.30. The number of nitrogens with zero attached hydrogens (tertiary/aromatic N) is 2. The maximum Gasteiger partial charge on any atom is 0.193 e. The molecule has 1 atom stereocenters. The van der Waals surface area contributed by atoms with Crippen molar-refractivity contribution < 1.29 is 9.47 Å². The van der Waals surface area contributed by atoms with Crippen LogP contribution < -0.4 is 10.1 Å². The van der Waals surface area contributed by atoms with Crippen molar-refractivity contribution in [3.8, 4) is 11.5 Å². The van der Waals surface area contributed by atoms with Crippen LogP contribution in [0.5, 0.6) is 11.5 Å². The maximum atomic E-state index is 5.85. The highest BCUT2D eigenvalue weighted by Crippen LogP contribution is 2.38. The predicted octanol–water partition coefficient (Wildman–Crippen LogP) is 3.67. The van der Waals surface area contributed by atoms with Crippen LogP contribution in [-0.2, 0) is 11.3 Å². The Balaban J connectivity index is 1.31. The van der Waals surface area contributed by atoms with E-state index in [-0.39, 0.29) is 0 Å². The standard InChI is InChI=1S/C22H27N3O2/c1-23-21(25-13-11-22(16-25)12-14-26-17-22)24-15-18-7-9-20(10-8-18)27-19-5-3-2-4-6-19/h2-10H,11-17H2,1H3,(H,23,24). The number of hydrogen-bond acceptors (Lipinski definition) is 3. The van der Waals surface area contributed by atoms with E-state index in [1.54, 1.807) is 0 Å². The lowest BCUT2D eigenvalue weighted by Gasteiger charge is -2.25. The van der Waals surface area contributed by atoms with E-state index in [9.17, 15) is 0 Å². The number of ether oxygens (including phenoxy) is 2. The summed E-state index contributed by atoms with van der Waals surface area (Å²) in [5.74, 6) is 2.67. The van der Waals surface area contributed by atoms with Crippen LogP contribution >= 0.6 is 0 Å². The topological polar surface area (TPSA) is 46.1 Å². The lowest BCUT2D eigenvalue weighted by Crippen LogP contribution is -2.41. The van der Waals surface area contributed by atoms with Gasteiger partial charge in [0.25, 0.3) is 0 Å². The molecule has 1 N–H and O–H groups in total. The highest BCUT2D eigenvalue weighted by molar-refractivity contribution is 5.80. The monoisotopic (exact) mass is 365 g/mol. The van der Waals surface area contributed by atoms with E-state index in [0.29, 0.717) is 5.41 Å². The van der Waals surface area contributed by atoms with Crippen LogP contribution in [0.25, 0.3) is 0 Å². The van der Waals surface area contributed by atoms with Crippen molar-refractivity contribution in [3.05, 3.63) is 60.2 Å². The molecule has 2 aliphatic rings. The summed E-state index contributed by atoms with van der Waals surface area (Å²) in [5.41, 5.74) is 1.54. The minimum Gasteiger partial charge on any atom is -0.457 e. The number of likely N-dealkylation sites (tertiary alicyclic amines) is 1. The molecule has 2 aliphatic heterocycles. The number of para-hydroxylation sites is 1. The van der Waals surface area contributed by atoms with Crippen LogP contribution in [0, 0.1) is 5.41 Å². The molecule has 0 aliphatic carbocycles. The van der Waals surface area contributed by atoms with Crippen LogP contribution in [0.15, 0.2) is 59.6 Å². The van der Waals surface area contributed by atoms with Crippen molar-refractivity contribution in [3.63, 3.8) is 0 Å². The first-order chi connectivity index (χ1) is 13.3. The Bertz CT molecular complexity index is 768. The van der Waals surface area contributed by atoms with E-state index in [1.807, 2.05) is 49.5 Å². The third-order valence-corrected chi connectivity index (χ3v) is 5.49. The fraction of sp³-hybridized carbons (Fsp3) is 0.409. The molecule has 27 heavy (non-hydrogen) atoms. The van der Waals surface area contributed by atoms with Crippen molar-refractivity contribution in [1.82, 2.24) is 10.2 Å². The zero-order valence-corrected chi connectivity index (χ0v) is 15.9. The van der Waals surface area contributed by atoms with Crippen molar-refractivity contribution >= 4 is 5.96 Å². The van der Waals surface area contributed by atoms with Crippen molar-refractivity contribution in [2.75, 3.05) is 33.4 Å². The molecular formula is C22H27N3O2. The van der Waals surface area contributed by atoms with Crippen LogP contribution in [0.2, 0.25) is 0 Å². The third kappa shape index (κ3) is 4.25. The average molecular weight is 365 g/mol. The van der Waals surface area contributed by atoms with Gasteiger partial charge in [-0.25, -0.2) is 0 Å². The minimum atomic E-state index is 0.341. The fourth-order valence-electron chi connectivity index (χ4n) is 3.90. The first kappa shape index (κ1) is 17.9. The summed E-state index contributed by atoms with van der Waals surface area (Å²) < 4.78 is 11.5. The molecule has 2 aromatic rings. The van der Waals surface area contributed by atoms with E-state index in [1.165, 1.54) is 18.4 Å². The summed E-state index contributed by atoms with van der Waals surface area (Å²) in [6, 6.07) is 18.0. The summed E-state index contributed by atoms with van der Waals surface area (Å²) in [7, 11) is 1.86. The van der Waals surface area contributed by atoms with Crippen LogP contribution in [-0.4, -0.2) is 44.2 Å². The van der Waals surface area contributed by atoms with Gasteiger partial charge in [0.1, 0.15) is 11.5 Å². The van der Waals surface area contributed by atoms with E-state index in [2.05, 4.69) is 27.3 Å². The van der Waals surface area contributed by atoms with Crippen molar-refractivity contribution in [2.24, 2.45) is 10.4 Å².